The van der Waals surface area contributed by atoms with E-state index in [2.05, 4.69) is 22.5 Å². The van der Waals surface area contributed by atoms with Crippen LogP contribution >= 0.6 is 0 Å². The van der Waals surface area contributed by atoms with E-state index in [9.17, 15) is 19.2 Å². The second kappa shape index (κ2) is 13.9. The summed E-state index contributed by atoms with van der Waals surface area (Å²) >= 11 is 0. The van der Waals surface area contributed by atoms with Crippen molar-refractivity contribution in [3.63, 3.8) is 0 Å². The highest BCUT2D eigenvalue weighted by atomic mass is 16.4. The Morgan fingerprint density at radius 2 is 1.73 bits per heavy atom. The minimum Gasteiger partial charge on any atom is -0.481 e. The average molecular weight is 369 g/mol. The van der Waals surface area contributed by atoms with E-state index < -0.39 is 12.0 Å². The minimum atomic E-state index is -0.849. The summed E-state index contributed by atoms with van der Waals surface area (Å²) in [6.07, 6.45) is 3.74. The molecule has 0 aliphatic carbocycles. The Hall–Kier alpha value is -2.38. The third-order valence-electron chi connectivity index (χ3n) is 3.72. The van der Waals surface area contributed by atoms with Crippen molar-refractivity contribution in [2.24, 2.45) is 5.92 Å². The molecule has 0 spiro atoms. The molecule has 0 radical (unpaired) electrons. The molecule has 26 heavy (non-hydrogen) atoms. The largest absolute Gasteiger partial charge is 0.481 e. The molecule has 0 bridgehead atoms. The van der Waals surface area contributed by atoms with Crippen LogP contribution in [0.2, 0.25) is 0 Å². The zero-order valence-corrected chi connectivity index (χ0v) is 15.7. The lowest BCUT2D eigenvalue weighted by molar-refractivity contribution is -0.137. The number of carbonyl (C=O) groups is 4. The molecule has 0 aromatic rings. The summed E-state index contributed by atoms with van der Waals surface area (Å²) in [4.78, 5) is 44.7. The van der Waals surface area contributed by atoms with Crippen LogP contribution in [0.15, 0.2) is 12.3 Å². The topological polar surface area (TPSA) is 125 Å². The molecule has 0 aromatic heterocycles. The highest BCUT2D eigenvalue weighted by Gasteiger charge is 2.23. The van der Waals surface area contributed by atoms with Gasteiger partial charge in [0.05, 0.1) is 13.0 Å². The number of amides is 2. The molecule has 0 saturated heterocycles. The van der Waals surface area contributed by atoms with Crippen molar-refractivity contribution in [2.45, 2.75) is 58.4 Å². The van der Waals surface area contributed by atoms with Crippen LogP contribution in [0.4, 0.5) is 0 Å². The number of allylic oxidation sites excluding steroid dienone is 1. The van der Waals surface area contributed by atoms with E-state index in [-0.39, 0.29) is 30.7 Å². The number of rotatable bonds is 15. The average Bonchev–Trinajstić information content (AvgIpc) is 2.58. The molecule has 0 saturated carbocycles. The maximum Gasteiger partial charge on any atom is 0.303 e. The Balaban J connectivity index is 3.92. The number of carboxylic acid groups (broad SMARTS) is 1. The summed E-state index contributed by atoms with van der Waals surface area (Å²) in [6.45, 7) is 8.03. The molecular formula is C18H31N3O5. The Bertz CT molecular complexity index is 491. The summed E-state index contributed by atoms with van der Waals surface area (Å²) in [5.74, 6) is -1.47. The van der Waals surface area contributed by atoms with Gasteiger partial charge in [0.15, 0.2) is 0 Å². The van der Waals surface area contributed by atoms with Gasteiger partial charge in [0, 0.05) is 18.7 Å². The third kappa shape index (κ3) is 12.0. The van der Waals surface area contributed by atoms with E-state index in [0.29, 0.717) is 37.8 Å². The summed E-state index contributed by atoms with van der Waals surface area (Å²) in [7, 11) is 0. The van der Waals surface area contributed by atoms with Gasteiger partial charge in [-0.25, -0.2) is 0 Å². The third-order valence-corrected chi connectivity index (χ3v) is 3.72. The van der Waals surface area contributed by atoms with Gasteiger partial charge in [-0.2, -0.15) is 0 Å². The molecule has 4 N–H and O–H groups in total. The number of unbranched alkanes of at least 4 members (excludes halogenated alkanes) is 2. The van der Waals surface area contributed by atoms with E-state index in [0.717, 1.165) is 12.8 Å². The molecule has 0 heterocycles. The van der Waals surface area contributed by atoms with E-state index in [1.54, 1.807) is 0 Å². The zero-order chi connectivity index (χ0) is 19.9. The second-order valence-electron chi connectivity index (χ2n) is 6.44. The minimum absolute atomic E-state index is 0.0590. The smallest absolute Gasteiger partial charge is 0.303 e. The van der Waals surface area contributed by atoms with E-state index >= 15 is 0 Å². The molecule has 8 nitrogen and oxygen atoms in total. The van der Waals surface area contributed by atoms with E-state index in [1.165, 1.54) is 0 Å². The summed E-state index contributed by atoms with van der Waals surface area (Å²) in [6, 6.07) is -0.651. The highest BCUT2D eigenvalue weighted by molar-refractivity contribution is 5.88. The van der Waals surface area contributed by atoms with Crippen LogP contribution in [-0.4, -0.2) is 48.3 Å². The summed E-state index contributed by atoms with van der Waals surface area (Å²) < 4.78 is 0. The van der Waals surface area contributed by atoms with E-state index in [1.807, 2.05) is 13.8 Å². The number of aldehydes is 1. The molecular weight excluding hydrogens is 338 g/mol. The zero-order valence-electron chi connectivity index (χ0n) is 15.7. The predicted octanol–water partition coefficient (Wildman–Crippen LogP) is 0.971. The monoisotopic (exact) mass is 369 g/mol. The Kier molecular flexibility index (Phi) is 12.6. The first kappa shape index (κ1) is 23.6. The van der Waals surface area contributed by atoms with Crippen LogP contribution in [0.25, 0.3) is 0 Å². The molecule has 0 aromatic carbocycles. The lowest BCUT2D eigenvalue weighted by Gasteiger charge is -2.21. The number of hydrogen-bond acceptors (Lipinski definition) is 5. The van der Waals surface area contributed by atoms with Crippen LogP contribution in [0, 0.1) is 5.92 Å². The van der Waals surface area contributed by atoms with Gasteiger partial charge in [-0.05, 0) is 25.2 Å². The van der Waals surface area contributed by atoms with Gasteiger partial charge in [0.25, 0.3) is 0 Å². The Morgan fingerprint density at radius 1 is 1.04 bits per heavy atom. The molecule has 2 amide bonds. The molecule has 0 aliphatic rings. The fourth-order valence-corrected chi connectivity index (χ4v) is 2.23. The first-order chi connectivity index (χ1) is 12.3. The van der Waals surface area contributed by atoms with Crippen molar-refractivity contribution in [1.82, 2.24) is 16.0 Å². The van der Waals surface area contributed by atoms with Gasteiger partial charge in [-0.1, -0.05) is 26.8 Å². The lowest BCUT2D eigenvalue weighted by atomic mass is 10.0. The number of carboxylic acids is 1. The Labute approximate surface area is 154 Å². The van der Waals surface area contributed by atoms with Crippen molar-refractivity contribution in [3.05, 3.63) is 12.3 Å². The van der Waals surface area contributed by atoms with Crippen molar-refractivity contribution >= 4 is 24.1 Å². The van der Waals surface area contributed by atoms with Gasteiger partial charge in [-0.15, -0.1) is 0 Å². The van der Waals surface area contributed by atoms with Gasteiger partial charge < -0.3 is 25.9 Å². The summed E-state index contributed by atoms with van der Waals surface area (Å²) in [5, 5.41) is 16.8. The van der Waals surface area contributed by atoms with Crippen LogP contribution in [0.3, 0.4) is 0 Å². The van der Waals surface area contributed by atoms with Gasteiger partial charge in [-0.3, -0.25) is 14.4 Å². The molecule has 148 valence electrons. The standard InChI is InChI=1S/C18H31N3O5/c1-13(2)17(18(26)20-11-12-22)21-15(23)7-5-4-6-10-19-14(3)8-9-16(24)25/h12-13,17,19H,3-11H2,1-2H3,(H,20,26)(H,21,23)(H,24,25). The summed E-state index contributed by atoms with van der Waals surface area (Å²) in [5.41, 5.74) is 0.700. The van der Waals surface area contributed by atoms with Gasteiger partial charge in [0.2, 0.25) is 11.8 Å². The fraction of sp³-hybridized carbons (Fsp3) is 0.667. The van der Waals surface area contributed by atoms with Crippen LogP contribution in [-0.2, 0) is 19.2 Å². The van der Waals surface area contributed by atoms with Crippen molar-refractivity contribution in [3.8, 4) is 0 Å². The predicted molar refractivity (Wildman–Crippen MR) is 98.3 cm³/mol. The quantitative estimate of drug-likeness (QED) is 0.252. The number of hydrogen-bond donors (Lipinski definition) is 4. The number of aliphatic carboxylic acids is 1. The van der Waals surface area contributed by atoms with Crippen molar-refractivity contribution < 1.29 is 24.3 Å². The molecule has 0 fully saturated rings. The lowest BCUT2D eigenvalue weighted by Crippen LogP contribution is -2.50. The van der Waals surface area contributed by atoms with Crippen LogP contribution in [0.1, 0.15) is 52.4 Å². The van der Waals surface area contributed by atoms with E-state index in [4.69, 9.17) is 5.11 Å². The molecule has 1 unspecified atom stereocenters. The Morgan fingerprint density at radius 3 is 2.31 bits per heavy atom. The van der Waals surface area contributed by atoms with Gasteiger partial charge >= 0.3 is 5.97 Å². The SMILES string of the molecule is C=C(CCC(=O)O)NCCCCCC(=O)NC(C(=O)NCC=O)C(C)C. The van der Waals surface area contributed by atoms with Crippen LogP contribution in [0.5, 0.6) is 0 Å². The first-order valence-electron chi connectivity index (χ1n) is 8.92. The highest BCUT2D eigenvalue weighted by Crippen LogP contribution is 2.05. The first-order valence-corrected chi connectivity index (χ1v) is 8.92. The second-order valence-corrected chi connectivity index (χ2v) is 6.44. The maximum atomic E-state index is 12.0. The van der Waals surface area contributed by atoms with Crippen LogP contribution < -0.4 is 16.0 Å². The maximum absolute atomic E-state index is 12.0. The van der Waals surface area contributed by atoms with Gasteiger partial charge in [0.1, 0.15) is 12.3 Å². The van der Waals surface area contributed by atoms with Crippen molar-refractivity contribution in [1.29, 1.82) is 0 Å². The molecule has 0 aliphatic heterocycles. The number of carbonyl (C=O) groups excluding carboxylic acids is 3. The molecule has 0 rings (SSSR count). The number of nitrogens with one attached hydrogen (secondary N) is 3. The van der Waals surface area contributed by atoms with Crippen molar-refractivity contribution in [2.75, 3.05) is 13.1 Å². The molecule has 8 heteroatoms. The molecule has 1 atom stereocenters. The normalized spacial score (nSPS) is 11.5. The fourth-order valence-electron chi connectivity index (χ4n) is 2.23.